The van der Waals surface area contributed by atoms with Crippen LogP contribution >= 0.6 is 0 Å². The molecule has 1 heterocycles. The fourth-order valence-corrected chi connectivity index (χ4v) is 5.07. The van der Waals surface area contributed by atoms with E-state index in [4.69, 9.17) is 4.74 Å². The lowest BCUT2D eigenvalue weighted by Crippen LogP contribution is -2.43. The van der Waals surface area contributed by atoms with Crippen LogP contribution in [0.25, 0.3) is 0 Å². The molecule has 9 nitrogen and oxygen atoms in total. The standard InChI is InChI=1S/C20H31N3O6S/c1-3-4-13-29-14-5-10-21-20(24)17-8-11-22(12-9-17)30(27,28)19-15-18(23(25)26)7-6-16(19)2/h6-7,15,17H,3-5,8-14H2,1-2H3,(H,21,24). The molecule has 0 unspecified atom stereocenters. The first-order chi connectivity index (χ1) is 14.3. The SMILES string of the molecule is CCCCOCCCNC(=O)C1CCN(S(=O)(=O)c2cc([N+](=O)[O-])ccc2C)CC1. The number of aryl methyl sites for hydroxylation is 1. The molecular formula is C20H31N3O6S. The Morgan fingerprint density at radius 3 is 2.57 bits per heavy atom. The first-order valence-electron chi connectivity index (χ1n) is 10.4. The van der Waals surface area contributed by atoms with Crippen molar-refractivity contribution >= 4 is 21.6 Å². The Bertz CT molecular complexity index is 835. The Balaban J connectivity index is 1.85. The van der Waals surface area contributed by atoms with Gasteiger partial charge in [-0.05, 0) is 38.2 Å². The second-order valence-electron chi connectivity index (χ2n) is 7.50. The van der Waals surface area contributed by atoms with Crippen LogP contribution in [0.5, 0.6) is 0 Å². The van der Waals surface area contributed by atoms with E-state index in [9.17, 15) is 23.3 Å². The molecule has 1 aliphatic rings. The van der Waals surface area contributed by atoms with Gasteiger partial charge in [0.25, 0.3) is 5.69 Å². The lowest BCUT2D eigenvalue weighted by atomic mass is 9.97. The number of amides is 1. The monoisotopic (exact) mass is 441 g/mol. The average Bonchev–Trinajstić information content (AvgIpc) is 2.73. The van der Waals surface area contributed by atoms with E-state index < -0.39 is 14.9 Å². The molecule has 0 saturated carbocycles. The Kier molecular flexibility index (Phi) is 9.19. The molecule has 0 bridgehead atoms. The number of nitrogens with zero attached hydrogens (tertiary/aromatic N) is 2. The Morgan fingerprint density at radius 1 is 1.27 bits per heavy atom. The van der Waals surface area contributed by atoms with Gasteiger partial charge in [-0.2, -0.15) is 4.31 Å². The minimum absolute atomic E-state index is 0.0531. The summed E-state index contributed by atoms with van der Waals surface area (Å²) in [7, 11) is -3.85. The summed E-state index contributed by atoms with van der Waals surface area (Å²) in [5.41, 5.74) is 0.203. The maximum atomic E-state index is 13.0. The number of piperidine rings is 1. The molecule has 1 amide bonds. The molecule has 1 saturated heterocycles. The summed E-state index contributed by atoms with van der Waals surface area (Å²) in [5, 5.41) is 13.9. The van der Waals surface area contributed by atoms with Crippen molar-refractivity contribution in [3.8, 4) is 0 Å². The van der Waals surface area contributed by atoms with Gasteiger partial charge in [0.2, 0.25) is 15.9 Å². The van der Waals surface area contributed by atoms with Crippen LogP contribution in [0.1, 0.15) is 44.6 Å². The van der Waals surface area contributed by atoms with Crippen LogP contribution in [0.15, 0.2) is 23.1 Å². The first kappa shape index (κ1) is 24.2. The van der Waals surface area contributed by atoms with Gasteiger partial charge in [-0.3, -0.25) is 14.9 Å². The minimum Gasteiger partial charge on any atom is -0.381 e. The predicted octanol–water partition coefficient (Wildman–Crippen LogP) is 2.63. The van der Waals surface area contributed by atoms with Crippen LogP contribution in [0, 0.1) is 23.0 Å². The largest absolute Gasteiger partial charge is 0.381 e. The lowest BCUT2D eigenvalue weighted by molar-refractivity contribution is -0.385. The van der Waals surface area contributed by atoms with E-state index in [0.29, 0.717) is 31.6 Å². The Morgan fingerprint density at radius 2 is 1.93 bits per heavy atom. The average molecular weight is 442 g/mol. The number of nitro benzene ring substituents is 1. The molecule has 1 N–H and O–H groups in total. The second kappa shape index (κ2) is 11.4. The molecule has 168 valence electrons. The van der Waals surface area contributed by atoms with Gasteiger partial charge in [0, 0.05) is 50.9 Å². The number of ether oxygens (including phenoxy) is 1. The van der Waals surface area contributed by atoms with Crippen LogP contribution in [0.2, 0.25) is 0 Å². The third kappa shape index (κ3) is 6.48. The van der Waals surface area contributed by atoms with E-state index in [-0.39, 0.29) is 35.5 Å². The molecule has 2 rings (SSSR count). The molecule has 10 heteroatoms. The fourth-order valence-electron chi connectivity index (χ4n) is 3.36. The predicted molar refractivity (Wildman–Crippen MR) is 113 cm³/mol. The maximum Gasteiger partial charge on any atom is 0.270 e. The highest BCUT2D eigenvalue weighted by Crippen LogP contribution is 2.28. The van der Waals surface area contributed by atoms with Gasteiger partial charge in [-0.1, -0.05) is 19.4 Å². The number of non-ortho nitro benzene ring substituents is 1. The number of carbonyl (C=O) groups is 1. The summed E-state index contributed by atoms with van der Waals surface area (Å²) in [6, 6.07) is 3.84. The fraction of sp³-hybridized carbons (Fsp3) is 0.650. The number of carbonyl (C=O) groups excluding carboxylic acids is 1. The van der Waals surface area contributed by atoms with Gasteiger partial charge in [-0.15, -0.1) is 0 Å². The molecular weight excluding hydrogens is 410 g/mol. The zero-order chi connectivity index (χ0) is 22.1. The van der Waals surface area contributed by atoms with Crippen molar-refractivity contribution < 1.29 is 22.9 Å². The van der Waals surface area contributed by atoms with Gasteiger partial charge >= 0.3 is 0 Å². The highest BCUT2D eigenvalue weighted by atomic mass is 32.2. The third-order valence-corrected chi connectivity index (χ3v) is 7.27. The van der Waals surface area contributed by atoms with E-state index in [1.54, 1.807) is 6.92 Å². The van der Waals surface area contributed by atoms with Crippen molar-refractivity contribution in [2.75, 3.05) is 32.8 Å². The number of nitro groups is 1. The van der Waals surface area contributed by atoms with E-state index in [0.717, 1.165) is 31.9 Å². The summed E-state index contributed by atoms with van der Waals surface area (Å²) < 4.78 is 32.7. The number of nitrogens with one attached hydrogen (secondary N) is 1. The summed E-state index contributed by atoms with van der Waals surface area (Å²) in [5.74, 6) is -0.296. The number of benzene rings is 1. The van der Waals surface area contributed by atoms with E-state index in [2.05, 4.69) is 12.2 Å². The van der Waals surface area contributed by atoms with Crippen molar-refractivity contribution in [2.24, 2.45) is 5.92 Å². The molecule has 0 aromatic heterocycles. The van der Waals surface area contributed by atoms with E-state index in [1.165, 1.54) is 16.4 Å². The Labute approximate surface area is 178 Å². The van der Waals surface area contributed by atoms with Crippen LogP contribution in [-0.4, -0.2) is 56.4 Å². The summed E-state index contributed by atoms with van der Waals surface area (Å²) in [6.45, 7) is 6.02. The van der Waals surface area contributed by atoms with Gasteiger partial charge in [0.15, 0.2) is 0 Å². The minimum atomic E-state index is -3.85. The van der Waals surface area contributed by atoms with Crippen LogP contribution in [0.3, 0.4) is 0 Å². The van der Waals surface area contributed by atoms with Gasteiger partial charge in [-0.25, -0.2) is 8.42 Å². The molecule has 1 aromatic carbocycles. The third-order valence-electron chi connectivity index (χ3n) is 5.23. The number of hydrogen-bond acceptors (Lipinski definition) is 6. The quantitative estimate of drug-likeness (QED) is 0.320. The molecule has 0 aliphatic carbocycles. The smallest absolute Gasteiger partial charge is 0.270 e. The topological polar surface area (TPSA) is 119 Å². The van der Waals surface area contributed by atoms with Crippen molar-refractivity contribution in [1.82, 2.24) is 9.62 Å². The number of sulfonamides is 1. The number of hydrogen-bond donors (Lipinski definition) is 1. The molecule has 0 spiro atoms. The zero-order valence-electron chi connectivity index (χ0n) is 17.6. The van der Waals surface area contributed by atoms with Crippen molar-refractivity contribution in [1.29, 1.82) is 0 Å². The molecule has 1 fully saturated rings. The highest BCUT2D eigenvalue weighted by molar-refractivity contribution is 7.89. The summed E-state index contributed by atoms with van der Waals surface area (Å²) in [4.78, 5) is 22.7. The normalized spacial score (nSPS) is 15.8. The van der Waals surface area contributed by atoms with Crippen LogP contribution in [0.4, 0.5) is 5.69 Å². The molecule has 0 atom stereocenters. The number of unbranched alkanes of at least 4 members (excludes halogenated alkanes) is 1. The molecule has 1 aromatic rings. The molecule has 1 aliphatic heterocycles. The van der Waals surface area contributed by atoms with E-state index in [1.807, 2.05) is 0 Å². The maximum absolute atomic E-state index is 13.0. The lowest BCUT2D eigenvalue weighted by Gasteiger charge is -2.30. The van der Waals surface area contributed by atoms with E-state index >= 15 is 0 Å². The highest BCUT2D eigenvalue weighted by Gasteiger charge is 2.33. The molecule has 30 heavy (non-hydrogen) atoms. The van der Waals surface area contributed by atoms with Crippen LogP contribution < -0.4 is 5.32 Å². The second-order valence-corrected chi connectivity index (χ2v) is 9.40. The summed E-state index contributed by atoms with van der Waals surface area (Å²) >= 11 is 0. The Hall–Kier alpha value is -2.04. The van der Waals surface area contributed by atoms with Crippen molar-refractivity contribution in [2.45, 2.75) is 50.8 Å². The summed E-state index contributed by atoms with van der Waals surface area (Å²) in [6.07, 6.45) is 3.71. The van der Waals surface area contributed by atoms with Gasteiger partial charge < -0.3 is 10.1 Å². The first-order valence-corrected chi connectivity index (χ1v) is 11.8. The van der Waals surface area contributed by atoms with Gasteiger partial charge in [0.1, 0.15) is 0 Å². The van der Waals surface area contributed by atoms with Gasteiger partial charge in [0.05, 0.1) is 9.82 Å². The van der Waals surface area contributed by atoms with Crippen molar-refractivity contribution in [3.05, 3.63) is 33.9 Å². The molecule has 0 radical (unpaired) electrons. The van der Waals surface area contributed by atoms with Crippen molar-refractivity contribution in [3.63, 3.8) is 0 Å². The zero-order valence-corrected chi connectivity index (χ0v) is 18.4. The van der Waals surface area contributed by atoms with Crippen LogP contribution in [-0.2, 0) is 19.6 Å². The number of rotatable bonds is 11.